The van der Waals surface area contributed by atoms with Crippen molar-refractivity contribution in [2.45, 2.75) is 26.8 Å². The van der Waals surface area contributed by atoms with Crippen molar-refractivity contribution in [1.82, 2.24) is 14.7 Å². The van der Waals surface area contributed by atoms with Gasteiger partial charge in [-0.2, -0.15) is 0 Å². The normalized spacial score (nSPS) is 10.9. The van der Waals surface area contributed by atoms with Gasteiger partial charge in [-0.25, -0.2) is 4.98 Å². The summed E-state index contributed by atoms with van der Waals surface area (Å²) < 4.78 is 7.63. The van der Waals surface area contributed by atoms with E-state index in [1.807, 2.05) is 48.2 Å². The number of thiazole rings is 1. The molecule has 3 rings (SSSR count). The quantitative estimate of drug-likeness (QED) is 0.756. The Balaban J connectivity index is 1.43. The van der Waals surface area contributed by atoms with E-state index in [4.69, 9.17) is 4.74 Å². The molecule has 0 spiro atoms. The number of hydrogen-bond donors (Lipinski definition) is 1. The van der Waals surface area contributed by atoms with Crippen molar-refractivity contribution in [3.63, 3.8) is 0 Å². The van der Waals surface area contributed by atoms with Crippen molar-refractivity contribution < 1.29 is 9.53 Å². The number of nitrogens with one attached hydrogen (secondary N) is 1. The van der Waals surface area contributed by atoms with Gasteiger partial charge in [-0.3, -0.25) is 9.20 Å². The van der Waals surface area contributed by atoms with E-state index in [0.717, 1.165) is 22.0 Å². The summed E-state index contributed by atoms with van der Waals surface area (Å²) in [5.74, 6) is 0.795. The largest absolute Gasteiger partial charge is 0.493 e. The molecule has 1 aromatic carbocycles. The minimum atomic E-state index is -0.0360. The van der Waals surface area contributed by atoms with Crippen LogP contribution in [0.4, 0.5) is 0 Å². The summed E-state index contributed by atoms with van der Waals surface area (Å²) in [4.78, 5) is 17.2. The molecule has 1 N–H and O–H groups in total. The average Bonchev–Trinajstić information content (AvgIpc) is 3.08. The summed E-state index contributed by atoms with van der Waals surface area (Å²) in [6.45, 7) is 4.86. The second kappa shape index (κ2) is 6.83. The predicted molar refractivity (Wildman–Crippen MR) is 90.9 cm³/mol. The number of ether oxygens (including phenoxy) is 1. The van der Waals surface area contributed by atoms with E-state index >= 15 is 0 Å². The Morgan fingerprint density at radius 2 is 2.26 bits per heavy atom. The Kier molecular flexibility index (Phi) is 4.62. The van der Waals surface area contributed by atoms with Crippen molar-refractivity contribution >= 4 is 22.2 Å². The van der Waals surface area contributed by atoms with Crippen LogP contribution in [0.15, 0.2) is 36.0 Å². The lowest BCUT2D eigenvalue weighted by atomic mass is 10.1. The Labute approximate surface area is 138 Å². The lowest BCUT2D eigenvalue weighted by Gasteiger charge is -2.09. The SMILES string of the molecule is Cc1ccc(OCCC(=O)NCc2cn3ccsc3n2)c(C)c1. The van der Waals surface area contributed by atoms with E-state index in [9.17, 15) is 4.79 Å². The lowest BCUT2D eigenvalue weighted by Crippen LogP contribution is -2.24. The van der Waals surface area contributed by atoms with Crippen LogP contribution >= 0.6 is 11.3 Å². The van der Waals surface area contributed by atoms with Crippen LogP contribution in [-0.4, -0.2) is 21.9 Å². The molecule has 0 saturated carbocycles. The fourth-order valence-corrected chi connectivity index (χ4v) is 3.07. The first kappa shape index (κ1) is 15.6. The van der Waals surface area contributed by atoms with E-state index in [-0.39, 0.29) is 5.91 Å². The number of nitrogens with zero attached hydrogens (tertiary/aromatic N) is 2. The zero-order chi connectivity index (χ0) is 16.2. The van der Waals surface area contributed by atoms with Gasteiger partial charge in [-0.05, 0) is 25.5 Å². The van der Waals surface area contributed by atoms with Crippen LogP contribution in [0.5, 0.6) is 5.75 Å². The maximum atomic E-state index is 11.9. The Morgan fingerprint density at radius 1 is 1.39 bits per heavy atom. The van der Waals surface area contributed by atoms with Gasteiger partial charge in [0, 0.05) is 17.8 Å². The molecule has 23 heavy (non-hydrogen) atoms. The zero-order valence-electron chi connectivity index (χ0n) is 13.2. The number of amides is 1. The number of aryl methyl sites for hydroxylation is 2. The first-order valence-electron chi connectivity index (χ1n) is 7.49. The third kappa shape index (κ3) is 3.90. The maximum Gasteiger partial charge on any atom is 0.223 e. The lowest BCUT2D eigenvalue weighted by molar-refractivity contribution is -0.121. The summed E-state index contributed by atoms with van der Waals surface area (Å²) in [7, 11) is 0. The van der Waals surface area contributed by atoms with Gasteiger partial charge in [-0.1, -0.05) is 17.7 Å². The molecule has 0 aliphatic heterocycles. The molecule has 2 heterocycles. The molecule has 0 fully saturated rings. The first-order chi connectivity index (χ1) is 11.1. The van der Waals surface area contributed by atoms with Crippen LogP contribution < -0.4 is 10.1 Å². The summed E-state index contributed by atoms with van der Waals surface area (Å²) in [5.41, 5.74) is 3.15. The van der Waals surface area contributed by atoms with Crippen molar-refractivity contribution in [3.8, 4) is 5.75 Å². The summed E-state index contributed by atoms with van der Waals surface area (Å²) >= 11 is 1.58. The number of carbonyl (C=O) groups is 1. The number of hydrogen-bond acceptors (Lipinski definition) is 4. The molecule has 0 unspecified atom stereocenters. The molecule has 0 aliphatic carbocycles. The highest BCUT2D eigenvalue weighted by Gasteiger charge is 2.06. The maximum absolute atomic E-state index is 11.9. The third-order valence-corrected chi connectivity index (χ3v) is 4.30. The van der Waals surface area contributed by atoms with Crippen LogP contribution in [-0.2, 0) is 11.3 Å². The van der Waals surface area contributed by atoms with Crippen molar-refractivity contribution in [2.24, 2.45) is 0 Å². The molecule has 5 nitrogen and oxygen atoms in total. The summed E-state index contributed by atoms with van der Waals surface area (Å²) in [6.07, 6.45) is 4.21. The highest BCUT2D eigenvalue weighted by molar-refractivity contribution is 7.15. The van der Waals surface area contributed by atoms with E-state index in [2.05, 4.69) is 16.4 Å². The molecule has 3 aromatic rings. The Bertz CT molecular complexity index is 794. The van der Waals surface area contributed by atoms with Gasteiger partial charge < -0.3 is 10.1 Å². The van der Waals surface area contributed by atoms with Gasteiger partial charge in [0.2, 0.25) is 5.91 Å². The number of fused-ring (bicyclic) bond motifs is 1. The molecule has 0 atom stereocenters. The molecule has 0 radical (unpaired) electrons. The van der Waals surface area contributed by atoms with E-state index in [1.165, 1.54) is 5.56 Å². The topological polar surface area (TPSA) is 55.6 Å². The molecular weight excluding hydrogens is 310 g/mol. The molecule has 0 aliphatic rings. The molecule has 0 saturated heterocycles. The Hall–Kier alpha value is -2.34. The van der Waals surface area contributed by atoms with Gasteiger partial charge in [0.05, 0.1) is 25.3 Å². The first-order valence-corrected chi connectivity index (χ1v) is 8.37. The van der Waals surface area contributed by atoms with E-state index in [0.29, 0.717) is 19.6 Å². The van der Waals surface area contributed by atoms with Crippen LogP contribution in [0.25, 0.3) is 4.96 Å². The molecule has 120 valence electrons. The van der Waals surface area contributed by atoms with E-state index < -0.39 is 0 Å². The smallest absolute Gasteiger partial charge is 0.223 e. The molecule has 1 amide bonds. The average molecular weight is 329 g/mol. The van der Waals surface area contributed by atoms with Crippen LogP contribution in [0, 0.1) is 13.8 Å². The van der Waals surface area contributed by atoms with Gasteiger partial charge in [0.15, 0.2) is 4.96 Å². The fourth-order valence-electron chi connectivity index (χ4n) is 2.35. The number of carbonyl (C=O) groups excluding carboxylic acids is 1. The zero-order valence-corrected chi connectivity index (χ0v) is 14.0. The van der Waals surface area contributed by atoms with Crippen molar-refractivity contribution in [1.29, 1.82) is 0 Å². The monoisotopic (exact) mass is 329 g/mol. The molecule has 2 aromatic heterocycles. The minimum absolute atomic E-state index is 0.0360. The number of benzene rings is 1. The van der Waals surface area contributed by atoms with Crippen molar-refractivity contribution in [3.05, 3.63) is 52.8 Å². The highest BCUT2D eigenvalue weighted by atomic mass is 32.1. The summed E-state index contributed by atoms with van der Waals surface area (Å²) in [6, 6.07) is 6.02. The van der Waals surface area contributed by atoms with Gasteiger partial charge in [0.25, 0.3) is 0 Å². The van der Waals surface area contributed by atoms with Crippen LogP contribution in [0.2, 0.25) is 0 Å². The Morgan fingerprint density at radius 3 is 3.04 bits per heavy atom. The van der Waals surface area contributed by atoms with Crippen LogP contribution in [0.1, 0.15) is 23.2 Å². The predicted octanol–water partition coefficient (Wildman–Crippen LogP) is 3.10. The summed E-state index contributed by atoms with van der Waals surface area (Å²) in [5, 5.41) is 4.85. The van der Waals surface area contributed by atoms with Crippen molar-refractivity contribution in [2.75, 3.05) is 6.61 Å². The van der Waals surface area contributed by atoms with Crippen LogP contribution in [0.3, 0.4) is 0 Å². The standard InChI is InChI=1S/C17H19N3O2S/c1-12-3-4-15(13(2)9-12)22-7-5-16(21)18-10-14-11-20-6-8-23-17(20)19-14/h3-4,6,8-9,11H,5,7,10H2,1-2H3,(H,18,21). The number of aromatic nitrogens is 2. The fraction of sp³-hybridized carbons (Fsp3) is 0.294. The second-order valence-corrected chi connectivity index (χ2v) is 6.34. The third-order valence-electron chi connectivity index (χ3n) is 3.53. The van der Waals surface area contributed by atoms with Gasteiger partial charge in [-0.15, -0.1) is 11.3 Å². The highest BCUT2D eigenvalue weighted by Crippen LogP contribution is 2.18. The minimum Gasteiger partial charge on any atom is -0.493 e. The molecule has 6 heteroatoms. The van der Waals surface area contributed by atoms with Gasteiger partial charge >= 0.3 is 0 Å². The molecule has 0 bridgehead atoms. The second-order valence-electron chi connectivity index (χ2n) is 5.47. The number of rotatable bonds is 6. The molecular formula is C17H19N3O2S. The van der Waals surface area contributed by atoms with Gasteiger partial charge in [0.1, 0.15) is 5.75 Å². The number of imidazole rings is 1. The van der Waals surface area contributed by atoms with E-state index in [1.54, 1.807) is 11.3 Å².